The topological polar surface area (TPSA) is 62.8 Å². The van der Waals surface area contributed by atoms with Crippen LogP contribution in [0.1, 0.15) is 11.4 Å². The van der Waals surface area contributed by atoms with Gasteiger partial charge in [0.05, 0.1) is 11.5 Å². The lowest BCUT2D eigenvalue weighted by Crippen LogP contribution is -2.19. The Labute approximate surface area is 121 Å². The van der Waals surface area contributed by atoms with E-state index in [-0.39, 0.29) is 5.82 Å². The van der Waals surface area contributed by atoms with Crippen molar-refractivity contribution in [2.45, 2.75) is 23.5 Å². The van der Waals surface area contributed by atoms with Crippen molar-refractivity contribution < 1.29 is 9.13 Å². The average molecular weight is 296 g/mol. The lowest BCUT2D eigenvalue weighted by atomic mass is 10.2. The fourth-order valence-corrected chi connectivity index (χ4v) is 2.56. The minimum absolute atomic E-state index is 0.261. The first-order valence-electron chi connectivity index (χ1n) is 6.24. The third kappa shape index (κ3) is 4.03. The third-order valence-electron chi connectivity index (χ3n) is 2.62. The summed E-state index contributed by atoms with van der Waals surface area (Å²) >= 11 is 1.23. The van der Waals surface area contributed by atoms with Gasteiger partial charge in [-0.15, -0.1) is 5.10 Å². The number of rotatable bonds is 7. The van der Waals surface area contributed by atoms with Crippen molar-refractivity contribution in [2.75, 3.05) is 20.3 Å². The maximum Gasteiger partial charge on any atom is 0.213 e. The number of nitrogens with one attached hydrogen (secondary N) is 2. The molecule has 2 N–H and O–H groups in total. The number of nitrogens with zero attached hydrogens (tertiary/aromatic N) is 2. The molecule has 2 aromatic rings. The minimum Gasteiger partial charge on any atom is -0.383 e. The van der Waals surface area contributed by atoms with Crippen LogP contribution >= 0.6 is 11.8 Å². The summed E-state index contributed by atoms with van der Waals surface area (Å²) < 4.78 is 18.9. The SMILES string of the molecule is COCCNCc1cccc(F)c1Sc1n[nH]c(C)n1. The lowest BCUT2D eigenvalue weighted by Gasteiger charge is -2.09. The Bertz CT molecular complexity index is 561. The highest BCUT2D eigenvalue weighted by atomic mass is 32.2. The molecule has 108 valence electrons. The van der Waals surface area contributed by atoms with E-state index in [1.807, 2.05) is 13.0 Å². The molecule has 0 aliphatic carbocycles. The van der Waals surface area contributed by atoms with E-state index in [9.17, 15) is 4.39 Å². The van der Waals surface area contributed by atoms with Gasteiger partial charge in [-0.1, -0.05) is 12.1 Å². The van der Waals surface area contributed by atoms with Crippen molar-refractivity contribution in [3.63, 3.8) is 0 Å². The van der Waals surface area contributed by atoms with Crippen LogP contribution in [0.25, 0.3) is 0 Å². The molecular weight excluding hydrogens is 279 g/mol. The van der Waals surface area contributed by atoms with Crippen LogP contribution in [-0.2, 0) is 11.3 Å². The second kappa shape index (κ2) is 7.37. The fourth-order valence-electron chi connectivity index (χ4n) is 1.66. The van der Waals surface area contributed by atoms with Crippen molar-refractivity contribution in [1.29, 1.82) is 0 Å². The van der Waals surface area contributed by atoms with Crippen molar-refractivity contribution >= 4 is 11.8 Å². The molecule has 1 aromatic carbocycles. The van der Waals surface area contributed by atoms with Gasteiger partial charge >= 0.3 is 0 Å². The molecule has 7 heteroatoms. The summed E-state index contributed by atoms with van der Waals surface area (Å²) in [7, 11) is 1.65. The van der Waals surface area contributed by atoms with Crippen LogP contribution in [0, 0.1) is 12.7 Å². The molecule has 5 nitrogen and oxygen atoms in total. The van der Waals surface area contributed by atoms with E-state index in [1.165, 1.54) is 17.8 Å². The zero-order valence-electron chi connectivity index (χ0n) is 11.4. The second-order valence-corrected chi connectivity index (χ2v) is 5.18. The van der Waals surface area contributed by atoms with E-state index in [0.29, 0.717) is 29.0 Å². The second-order valence-electron chi connectivity index (χ2n) is 4.20. The van der Waals surface area contributed by atoms with Gasteiger partial charge in [0, 0.05) is 20.2 Å². The van der Waals surface area contributed by atoms with Gasteiger partial charge in [-0.05, 0) is 30.3 Å². The number of halogens is 1. The third-order valence-corrected chi connectivity index (χ3v) is 3.64. The monoisotopic (exact) mass is 296 g/mol. The van der Waals surface area contributed by atoms with Crippen LogP contribution in [0.3, 0.4) is 0 Å². The van der Waals surface area contributed by atoms with Gasteiger partial charge in [-0.3, -0.25) is 5.10 Å². The number of hydrogen-bond acceptors (Lipinski definition) is 5. The highest BCUT2D eigenvalue weighted by molar-refractivity contribution is 7.99. The molecule has 0 atom stereocenters. The van der Waals surface area contributed by atoms with Gasteiger partial charge in [0.25, 0.3) is 0 Å². The number of hydrogen-bond donors (Lipinski definition) is 2. The normalized spacial score (nSPS) is 10.9. The van der Waals surface area contributed by atoms with Crippen LogP contribution in [0.2, 0.25) is 0 Å². The molecule has 0 amide bonds. The van der Waals surface area contributed by atoms with Crippen molar-refractivity contribution in [3.8, 4) is 0 Å². The molecule has 0 saturated carbocycles. The predicted molar refractivity (Wildman–Crippen MR) is 75.2 cm³/mol. The average Bonchev–Trinajstić information content (AvgIpc) is 2.84. The molecule has 0 unspecified atom stereocenters. The number of aromatic nitrogens is 3. The number of aryl methyl sites for hydroxylation is 1. The minimum atomic E-state index is -0.261. The number of H-pyrrole nitrogens is 1. The maximum atomic E-state index is 14.0. The van der Waals surface area contributed by atoms with Gasteiger partial charge in [-0.2, -0.15) is 0 Å². The largest absolute Gasteiger partial charge is 0.383 e. The van der Waals surface area contributed by atoms with E-state index in [0.717, 1.165) is 12.1 Å². The molecule has 1 aromatic heterocycles. The fraction of sp³-hybridized carbons (Fsp3) is 0.385. The van der Waals surface area contributed by atoms with E-state index in [2.05, 4.69) is 20.5 Å². The van der Waals surface area contributed by atoms with Crippen molar-refractivity contribution in [1.82, 2.24) is 20.5 Å². The molecular formula is C13H17FN4OS. The lowest BCUT2D eigenvalue weighted by molar-refractivity contribution is 0.199. The van der Waals surface area contributed by atoms with E-state index < -0.39 is 0 Å². The van der Waals surface area contributed by atoms with Crippen LogP contribution in [0.4, 0.5) is 4.39 Å². The molecule has 2 rings (SSSR count). The van der Waals surface area contributed by atoms with Crippen LogP contribution in [0.5, 0.6) is 0 Å². The molecule has 0 aliphatic heterocycles. The Kier molecular flexibility index (Phi) is 5.51. The number of benzene rings is 1. The number of aromatic amines is 1. The molecule has 0 saturated heterocycles. The summed E-state index contributed by atoms with van der Waals surface area (Å²) in [4.78, 5) is 4.74. The Morgan fingerprint density at radius 1 is 1.45 bits per heavy atom. The summed E-state index contributed by atoms with van der Waals surface area (Å²) in [5.74, 6) is 0.451. The molecule has 0 bridgehead atoms. The van der Waals surface area contributed by atoms with Gasteiger partial charge < -0.3 is 10.1 Å². The summed E-state index contributed by atoms with van der Waals surface area (Å²) in [6, 6.07) is 5.04. The molecule has 0 aliphatic rings. The first kappa shape index (κ1) is 15.0. The summed E-state index contributed by atoms with van der Waals surface area (Å²) in [5, 5.41) is 10.5. The summed E-state index contributed by atoms with van der Waals surface area (Å²) in [6.45, 7) is 3.73. The van der Waals surface area contributed by atoms with Crippen molar-refractivity contribution in [3.05, 3.63) is 35.4 Å². The molecule has 0 fully saturated rings. The zero-order valence-corrected chi connectivity index (χ0v) is 12.3. The highest BCUT2D eigenvalue weighted by Crippen LogP contribution is 2.30. The van der Waals surface area contributed by atoms with E-state index in [4.69, 9.17) is 4.74 Å². The van der Waals surface area contributed by atoms with Gasteiger partial charge in [-0.25, -0.2) is 9.37 Å². The molecule has 0 spiro atoms. The van der Waals surface area contributed by atoms with E-state index in [1.54, 1.807) is 13.2 Å². The molecule has 20 heavy (non-hydrogen) atoms. The van der Waals surface area contributed by atoms with E-state index >= 15 is 0 Å². The Hall–Kier alpha value is -1.44. The van der Waals surface area contributed by atoms with Crippen LogP contribution in [0.15, 0.2) is 28.3 Å². The number of ether oxygens (including phenoxy) is 1. The Morgan fingerprint density at radius 3 is 3.00 bits per heavy atom. The Morgan fingerprint density at radius 2 is 2.30 bits per heavy atom. The maximum absolute atomic E-state index is 14.0. The van der Waals surface area contributed by atoms with Crippen LogP contribution in [-0.4, -0.2) is 35.4 Å². The first-order chi connectivity index (χ1) is 9.70. The summed E-state index contributed by atoms with van der Waals surface area (Å²) in [5.41, 5.74) is 0.883. The Balaban J connectivity index is 2.09. The molecule has 0 radical (unpaired) electrons. The predicted octanol–water partition coefficient (Wildman–Crippen LogP) is 2.14. The smallest absolute Gasteiger partial charge is 0.213 e. The quantitative estimate of drug-likeness (QED) is 0.767. The number of methoxy groups -OCH3 is 1. The van der Waals surface area contributed by atoms with Crippen molar-refractivity contribution in [2.24, 2.45) is 0 Å². The van der Waals surface area contributed by atoms with Crippen LogP contribution < -0.4 is 5.32 Å². The van der Waals surface area contributed by atoms with Gasteiger partial charge in [0.1, 0.15) is 11.6 Å². The summed E-state index contributed by atoms with van der Waals surface area (Å²) in [6.07, 6.45) is 0. The highest BCUT2D eigenvalue weighted by Gasteiger charge is 2.12. The first-order valence-corrected chi connectivity index (χ1v) is 7.06. The van der Waals surface area contributed by atoms with Gasteiger partial charge in [0.2, 0.25) is 5.16 Å². The van der Waals surface area contributed by atoms with Gasteiger partial charge in [0.15, 0.2) is 0 Å². The molecule has 1 heterocycles. The zero-order chi connectivity index (χ0) is 14.4. The standard InChI is InChI=1S/C13H17FN4OS/c1-9-16-13(18-17-9)20-12-10(4-3-5-11(12)14)8-15-6-7-19-2/h3-5,15H,6-8H2,1-2H3,(H,16,17,18).